The van der Waals surface area contributed by atoms with Gasteiger partial charge in [0.25, 0.3) is 10.2 Å². The van der Waals surface area contributed by atoms with Crippen molar-refractivity contribution in [2.24, 2.45) is 11.7 Å². The molecule has 6 nitrogen and oxygen atoms in total. The number of piperidine rings is 1. The van der Waals surface area contributed by atoms with Crippen molar-refractivity contribution in [3.05, 3.63) is 0 Å². The molecule has 0 atom stereocenters. The molecule has 0 bridgehead atoms. The predicted octanol–water partition coefficient (Wildman–Crippen LogP) is 0.318. The normalized spacial score (nSPS) is 25.3. The number of nitrogens with two attached hydrogens (primary N) is 1. The van der Waals surface area contributed by atoms with Crippen LogP contribution >= 0.6 is 0 Å². The monoisotopic (exact) mass is 318 g/mol. The van der Waals surface area contributed by atoms with Crippen LogP contribution in [0.4, 0.5) is 0 Å². The zero-order valence-electron chi connectivity index (χ0n) is 13.6. The Morgan fingerprint density at radius 1 is 1.00 bits per heavy atom. The minimum absolute atomic E-state index is 0.0591. The molecule has 0 radical (unpaired) electrons. The standard InChI is InChI=1S/C14H30N4O2S/c1-13-4-6-17(7-5-13)21(19,20)18-10-8-16(9-11-18)14(2,3)12-15/h13H,4-12,15H2,1-3H3. The fourth-order valence-electron chi connectivity index (χ4n) is 3.03. The first-order chi connectivity index (χ1) is 9.77. The SMILES string of the molecule is CC1CCN(S(=O)(=O)N2CCN(C(C)(C)CN)CC2)CC1. The number of hydrogen-bond acceptors (Lipinski definition) is 4. The summed E-state index contributed by atoms with van der Waals surface area (Å²) < 4.78 is 28.7. The maximum atomic E-state index is 12.7. The van der Waals surface area contributed by atoms with Crippen molar-refractivity contribution in [3.63, 3.8) is 0 Å². The second-order valence-corrected chi connectivity index (χ2v) is 8.92. The molecule has 124 valence electrons. The van der Waals surface area contributed by atoms with Gasteiger partial charge in [-0.25, -0.2) is 0 Å². The Hall–Kier alpha value is -0.210. The summed E-state index contributed by atoms with van der Waals surface area (Å²) in [6, 6.07) is 0. The zero-order chi connectivity index (χ0) is 15.7. The molecule has 2 fully saturated rings. The second-order valence-electron chi connectivity index (χ2n) is 6.99. The molecule has 0 unspecified atom stereocenters. The molecule has 0 saturated carbocycles. The van der Waals surface area contributed by atoms with E-state index in [1.807, 2.05) is 0 Å². The van der Waals surface area contributed by atoms with Crippen LogP contribution in [-0.2, 0) is 10.2 Å². The summed E-state index contributed by atoms with van der Waals surface area (Å²) >= 11 is 0. The lowest BCUT2D eigenvalue weighted by molar-refractivity contribution is 0.0820. The molecule has 2 aliphatic heterocycles. The molecule has 0 aromatic carbocycles. The summed E-state index contributed by atoms with van der Waals surface area (Å²) in [6.45, 7) is 11.0. The van der Waals surface area contributed by atoms with Crippen molar-refractivity contribution in [2.45, 2.75) is 39.2 Å². The minimum Gasteiger partial charge on any atom is -0.329 e. The Bertz CT molecular complexity index is 436. The van der Waals surface area contributed by atoms with Crippen molar-refractivity contribution in [2.75, 3.05) is 45.8 Å². The molecule has 7 heteroatoms. The fourth-order valence-corrected chi connectivity index (χ4v) is 4.66. The molecule has 2 aliphatic rings. The van der Waals surface area contributed by atoms with Crippen LogP contribution in [0.3, 0.4) is 0 Å². The Kier molecular flexibility index (Phi) is 5.31. The topological polar surface area (TPSA) is 69.9 Å². The number of hydrogen-bond donors (Lipinski definition) is 1. The highest BCUT2D eigenvalue weighted by atomic mass is 32.2. The minimum atomic E-state index is -3.28. The van der Waals surface area contributed by atoms with E-state index in [4.69, 9.17) is 5.73 Å². The molecule has 0 spiro atoms. The lowest BCUT2D eigenvalue weighted by Crippen LogP contribution is -2.60. The molecule has 2 N–H and O–H groups in total. The van der Waals surface area contributed by atoms with Crippen LogP contribution in [0, 0.1) is 5.92 Å². The molecule has 2 heterocycles. The van der Waals surface area contributed by atoms with Crippen molar-refractivity contribution in [1.29, 1.82) is 0 Å². The first-order valence-electron chi connectivity index (χ1n) is 7.98. The predicted molar refractivity (Wildman–Crippen MR) is 85.2 cm³/mol. The van der Waals surface area contributed by atoms with Crippen LogP contribution < -0.4 is 5.73 Å². The van der Waals surface area contributed by atoms with Crippen molar-refractivity contribution >= 4 is 10.2 Å². The molecule has 21 heavy (non-hydrogen) atoms. The van der Waals surface area contributed by atoms with Gasteiger partial charge in [0.2, 0.25) is 0 Å². The van der Waals surface area contributed by atoms with Crippen LogP contribution in [0.2, 0.25) is 0 Å². The highest BCUT2D eigenvalue weighted by molar-refractivity contribution is 7.86. The van der Waals surface area contributed by atoms with E-state index in [1.165, 1.54) is 0 Å². The first-order valence-corrected chi connectivity index (χ1v) is 9.37. The Morgan fingerprint density at radius 2 is 1.48 bits per heavy atom. The Labute approximate surface area is 129 Å². The molecular formula is C14H30N4O2S. The Morgan fingerprint density at radius 3 is 1.95 bits per heavy atom. The van der Waals surface area contributed by atoms with E-state index >= 15 is 0 Å². The molecular weight excluding hydrogens is 288 g/mol. The smallest absolute Gasteiger partial charge is 0.282 e. The van der Waals surface area contributed by atoms with Gasteiger partial charge in [-0.2, -0.15) is 17.0 Å². The summed E-state index contributed by atoms with van der Waals surface area (Å²) in [4.78, 5) is 2.29. The quantitative estimate of drug-likeness (QED) is 0.810. The third kappa shape index (κ3) is 3.76. The van der Waals surface area contributed by atoms with E-state index in [0.717, 1.165) is 25.9 Å². The molecule has 2 saturated heterocycles. The van der Waals surface area contributed by atoms with Crippen LogP contribution in [0.1, 0.15) is 33.6 Å². The van der Waals surface area contributed by atoms with Gasteiger partial charge in [-0.15, -0.1) is 0 Å². The summed E-state index contributed by atoms with van der Waals surface area (Å²) in [5, 5.41) is 0. The van der Waals surface area contributed by atoms with Gasteiger partial charge >= 0.3 is 0 Å². The summed E-state index contributed by atoms with van der Waals surface area (Å²) in [7, 11) is -3.28. The first kappa shape index (κ1) is 17.1. The van der Waals surface area contributed by atoms with Gasteiger partial charge < -0.3 is 5.73 Å². The zero-order valence-corrected chi connectivity index (χ0v) is 14.4. The third-order valence-electron chi connectivity index (χ3n) is 4.99. The lowest BCUT2D eigenvalue weighted by Gasteiger charge is -2.44. The van der Waals surface area contributed by atoms with Gasteiger partial charge in [-0.05, 0) is 32.6 Å². The van der Waals surface area contributed by atoms with Crippen molar-refractivity contribution < 1.29 is 8.42 Å². The maximum absolute atomic E-state index is 12.7. The molecule has 0 aromatic rings. The van der Waals surface area contributed by atoms with E-state index < -0.39 is 10.2 Å². The van der Waals surface area contributed by atoms with E-state index in [0.29, 0.717) is 38.6 Å². The van der Waals surface area contributed by atoms with E-state index in [1.54, 1.807) is 8.61 Å². The van der Waals surface area contributed by atoms with Gasteiger partial charge in [0, 0.05) is 51.4 Å². The number of rotatable bonds is 4. The van der Waals surface area contributed by atoms with E-state index in [2.05, 4.69) is 25.7 Å². The van der Waals surface area contributed by atoms with Crippen LogP contribution in [0.5, 0.6) is 0 Å². The fraction of sp³-hybridized carbons (Fsp3) is 1.00. The van der Waals surface area contributed by atoms with Gasteiger partial charge in [0.1, 0.15) is 0 Å². The average molecular weight is 318 g/mol. The second kappa shape index (κ2) is 6.50. The van der Waals surface area contributed by atoms with Gasteiger partial charge in [-0.3, -0.25) is 4.90 Å². The highest BCUT2D eigenvalue weighted by Crippen LogP contribution is 2.23. The third-order valence-corrected chi connectivity index (χ3v) is 7.02. The maximum Gasteiger partial charge on any atom is 0.282 e. The number of nitrogens with zero attached hydrogens (tertiary/aromatic N) is 3. The largest absolute Gasteiger partial charge is 0.329 e. The van der Waals surface area contributed by atoms with E-state index in [-0.39, 0.29) is 5.54 Å². The molecule has 0 amide bonds. The average Bonchev–Trinajstić information content (AvgIpc) is 2.48. The molecule has 0 aliphatic carbocycles. The van der Waals surface area contributed by atoms with Gasteiger partial charge in [0.05, 0.1) is 0 Å². The number of piperazine rings is 1. The summed E-state index contributed by atoms with van der Waals surface area (Å²) in [5.74, 6) is 0.638. The molecule has 2 rings (SSSR count). The Balaban J connectivity index is 1.95. The summed E-state index contributed by atoms with van der Waals surface area (Å²) in [5.41, 5.74) is 5.75. The van der Waals surface area contributed by atoms with Gasteiger partial charge in [-0.1, -0.05) is 6.92 Å². The van der Waals surface area contributed by atoms with Gasteiger partial charge in [0.15, 0.2) is 0 Å². The van der Waals surface area contributed by atoms with Crippen LogP contribution in [0.15, 0.2) is 0 Å². The van der Waals surface area contributed by atoms with Crippen LogP contribution in [0.25, 0.3) is 0 Å². The van der Waals surface area contributed by atoms with E-state index in [9.17, 15) is 8.42 Å². The highest BCUT2D eigenvalue weighted by Gasteiger charge is 2.36. The lowest BCUT2D eigenvalue weighted by atomic mass is 10.0. The van der Waals surface area contributed by atoms with Crippen molar-refractivity contribution in [3.8, 4) is 0 Å². The summed E-state index contributed by atoms with van der Waals surface area (Å²) in [6.07, 6.45) is 1.94. The van der Waals surface area contributed by atoms with Crippen molar-refractivity contribution in [1.82, 2.24) is 13.5 Å². The van der Waals surface area contributed by atoms with Crippen LogP contribution in [-0.4, -0.2) is 73.3 Å². The molecule has 0 aromatic heterocycles.